The van der Waals surface area contributed by atoms with E-state index in [1.165, 1.54) is 0 Å². The summed E-state index contributed by atoms with van der Waals surface area (Å²) in [5.74, 6) is -0.742. The molecule has 6 heteroatoms. The Morgan fingerprint density at radius 1 is 1.17 bits per heavy atom. The summed E-state index contributed by atoms with van der Waals surface area (Å²) in [6, 6.07) is 9.72. The van der Waals surface area contributed by atoms with Gasteiger partial charge in [-0.1, -0.05) is 51.3 Å². The average molecular weight is 394 g/mol. The Morgan fingerprint density at radius 2 is 1.83 bits per heavy atom. The van der Waals surface area contributed by atoms with Crippen molar-refractivity contribution in [3.8, 4) is 6.07 Å². The van der Waals surface area contributed by atoms with Crippen LogP contribution in [0.1, 0.15) is 57.6 Å². The van der Waals surface area contributed by atoms with E-state index >= 15 is 0 Å². The van der Waals surface area contributed by atoms with Crippen LogP contribution in [0.4, 0.5) is 5.82 Å². The molecule has 1 amide bonds. The highest BCUT2D eigenvalue weighted by Gasteiger charge is 2.28. The molecule has 1 aromatic carbocycles. The number of nitrogens with one attached hydrogen (secondary N) is 1. The van der Waals surface area contributed by atoms with E-state index in [9.17, 15) is 10.1 Å². The lowest BCUT2D eigenvalue weighted by Gasteiger charge is -2.27. The molecule has 6 nitrogen and oxygen atoms in total. The average Bonchev–Trinajstić information content (AvgIpc) is 2.74. The highest BCUT2D eigenvalue weighted by Crippen LogP contribution is 2.28. The van der Waals surface area contributed by atoms with Gasteiger partial charge in [0.05, 0.1) is 17.1 Å². The van der Waals surface area contributed by atoms with Crippen LogP contribution in [-0.4, -0.2) is 35.5 Å². The molecule has 1 atom stereocenters. The summed E-state index contributed by atoms with van der Waals surface area (Å²) < 4.78 is 0. The molecule has 29 heavy (non-hydrogen) atoms. The molecular formula is C23H31N5O. The predicted octanol–water partition coefficient (Wildman–Crippen LogP) is 4.34. The summed E-state index contributed by atoms with van der Waals surface area (Å²) in [6.07, 6.45) is 6.96. The van der Waals surface area contributed by atoms with E-state index in [4.69, 9.17) is 9.97 Å². The van der Waals surface area contributed by atoms with Crippen LogP contribution in [0.5, 0.6) is 0 Å². The molecule has 0 radical (unpaired) electrons. The first-order valence-electron chi connectivity index (χ1n) is 10.5. The molecule has 2 rings (SSSR count). The number of hydrogen-bond acceptors (Lipinski definition) is 5. The number of benzene rings is 1. The number of carbonyl (C=O) groups excluding carboxylic acids is 1. The lowest BCUT2D eigenvalue weighted by molar-refractivity contribution is -0.121. The van der Waals surface area contributed by atoms with E-state index in [0.29, 0.717) is 23.6 Å². The number of amides is 1. The Hall–Kier alpha value is -2.94. The fourth-order valence-electron chi connectivity index (χ4n) is 3.17. The van der Waals surface area contributed by atoms with Crippen molar-refractivity contribution in [1.29, 1.82) is 5.26 Å². The molecular weight excluding hydrogens is 362 g/mol. The monoisotopic (exact) mass is 393 g/mol. The van der Waals surface area contributed by atoms with Crippen LogP contribution in [0.25, 0.3) is 11.0 Å². The van der Waals surface area contributed by atoms with E-state index < -0.39 is 5.92 Å². The molecule has 0 aliphatic rings. The van der Waals surface area contributed by atoms with Gasteiger partial charge in [-0.15, -0.1) is 6.58 Å². The number of nitriles is 1. The fraction of sp³-hybridized carbons (Fsp3) is 0.478. The zero-order chi connectivity index (χ0) is 21.1. The summed E-state index contributed by atoms with van der Waals surface area (Å²) in [6.45, 7) is 9.91. The summed E-state index contributed by atoms with van der Waals surface area (Å²) in [5, 5.41) is 12.5. The fourth-order valence-corrected chi connectivity index (χ4v) is 3.17. The summed E-state index contributed by atoms with van der Waals surface area (Å²) >= 11 is 0. The summed E-state index contributed by atoms with van der Waals surface area (Å²) in [7, 11) is 0. The molecule has 1 heterocycles. The second kappa shape index (κ2) is 11.8. The number of nitrogens with zero attached hydrogens (tertiary/aromatic N) is 4. The largest absolute Gasteiger partial charge is 0.355 e. The van der Waals surface area contributed by atoms with Crippen molar-refractivity contribution in [1.82, 2.24) is 15.3 Å². The van der Waals surface area contributed by atoms with E-state index in [0.717, 1.165) is 50.7 Å². The van der Waals surface area contributed by atoms with Gasteiger partial charge in [-0.05, 0) is 25.0 Å². The van der Waals surface area contributed by atoms with Crippen LogP contribution in [0.15, 0.2) is 36.9 Å². The first-order valence-corrected chi connectivity index (χ1v) is 10.5. The molecule has 0 unspecified atom stereocenters. The van der Waals surface area contributed by atoms with E-state index in [-0.39, 0.29) is 5.91 Å². The second-order valence-electron chi connectivity index (χ2n) is 7.06. The predicted molar refractivity (Wildman–Crippen MR) is 118 cm³/mol. The number of rotatable bonds is 12. The first kappa shape index (κ1) is 22.4. The Bertz CT molecular complexity index is 858. The van der Waals surface area contributed by atoms with Crippen LogP contribution in [0, 0.1) is 11.3 Å². The third-order valence-electron chi connectivity index (χ3n) is 4.78. The number of unbranched alkanes of at least 4 members (excludes halogenated alkanes) is 3. The first-order chi connectivity index (χ1) is 14.2. The van der Waals surface area contributed by atoms with Crippen LogP contribution >= 0.6 is 0 Å². The van der Waals surface area contributed by atoms with Crippen molar-refractivity contribution in [2.45, 2.75) is 51.9 Å². The Labute approximate surface area is 173 Å². The van der Waals surface area contributed by atoms with Crippen molar-refractivity contribution < 1.29 is 4.79 Å². The number of carbonyl (C=O) groups is 1. The topological polar surface area (TPSA) is 81.9 Å². The van der Waals surface area contributed by atoms with Gasteiger partial charge >= 0.3 is 0 Å². The van der Waals surface area contributed by atoms with Crippen molar-refractivity contribution in [2.24, 2.45) is 0 Å². The Balaban J connectivity index is 2.53. The zero-order valence-electron chi connectivity index (χ0n) is 17.5. The standard InChI is InChI=1S/C23H31N5O/c1-4-7-11-16-28(15-8-5-2)22-21(18(17-24)23(29)25-14-6-3)26-19-12-9-10-13-20(19)27-22/h6,9-10,12-13,18H,3-5,7-8,11,14-16H2,1-2H3,(H,25,29)/t18-/m1/s1. The van der Waals surface area contributed by atoms with Crippen molar-refractivity contribution in [3.63, 3.8) is 0 Å². The third kappa shape index (κ3) is 6.02. The molecule has 0 saturated carbocycles. The van der Waals surface area contributed by atoms with Crippen molar-refractivity contribution >= 4 is 22.8 Å². The molecule has 1 N–H and O–H groups in total. The van der Waals surface area contributed by atoms with Crippen molar-refractivity contribution in [3.05, 3.63) is 42.6 Å². The van der Waals surface area contributed by atoms with E-state index in [1.54, 1.807) is 6.08 Å². The van der Waals surface area contributed by atoms with Crippen molar-refractivity contribution in [2.75, 3.05) is 24.5 Å². The number of anilines is 1. The minimum absolute atomic E-state index is 0.309. The second-order valence-corrected chi connectivity index (χ2v) is 7.06. The van der Waals surface area contributed by atoms with Crippen LogP contribution in [0.2, 0.25) is 0 Å². The van der Waals surface area contributed by atoms with Gasteiger partial charge in [-0.2, -0.15) is 5.26 Å². The SMILES string of the molecule is C=CCNC(=O)[C@H](C#N)c1nc2ccccc2nc1N(CCCC)CCCCC. The maximum absolute atomic E-state index is 12.7. The third-order valence-corrected chi connectivity index (χ3v) is 4.78. The summed E-state index contributed by atoms with van der Waals surface area (Å²) in [5.41, 5.74) is 1.89. The molecule has 0 aliphatic carbocycles. The van der Waals surface area contributed by atoms with Gasteiger partial charge in [0, 0.05) is 19.6 Å². The zero-order valence-corrected chi connectivity index (χ0v) is 17.5. The molecule has 0 saturated heterocycles. The van der Waals surface area contributed by atoms with Gasteiger partial charge in [-0.25, -0.2) is 9.97 Å². The van der Waals surface area contributed by atoms with Gasteiger partial charge in [0.25, 0.3) is 0 Å². The molecule has 0 bridgehead atoms. The van der Waals surface area contributed by atoms with Gasteiger partial charge in [0.1, 0.15) is 5.69 Å². The van der Waals surface area contributed by atoms with Crippen LogP contribution < -0.4 is 10.2 Å². The molecule has 154 valence electrons. The minimum Gasteiger partial charge on any atom is -0.355 e. The van der Waals surface area contributed by atoms with Gasteiger partial charge in [0.15, 0.2) is 11.7 Å². The maximum atomic E-state index is 12.7. The van der Waals surface area contributed by atoms with Gasteiger partial charge < -0.3 is 10.2 Å². The van der Waals surface area contributed by atoms with E-state index in [2.05, 4.69) is 36.7 Å². The number of fused-ring (bicyclic) bond motifs is 1. The van der Waals surface area contributed by atoms with Gasteiger partial charge in [0.2, 0.25) is 5.91 Å². The number of hydrogen-bond donors (Lipinski definition) is 1. The quantitative estimate of drug-likeness (QED) is 0.428. The minimum atomic E-state index is -1.02. The molecule has 0 aliphatic heterocycles. The smallest absolute Gasteiger partial charge is 0.243 e. The maximum Gasteiger partial charge on any atom is 0.243 e. The lowest BCUT2D eigenvalue weighted by Crippen LogP contribution is -2.33. The number of aromatic nitrogens is 2. The van der Waals surface area contributed by atoms with E-state index in [1.807, 2.05) is 24.3 Å². The Morgan fingerprint density at radius 3 is 2.45 bits per heavy atom. The summed E-state index contributed by atoms with van der Waals surface area (Å²) in [4.78, 5) is 24.4. The van der Waals surface area contributed by atoms with Crippen LogP contribution in [-0.2, 0) is 4.79 Å². The van der Waals surface area contributed by atoms with Gasteiger partial charge in [-0.3, -0.25) is 4.79 Å². The van der Waals surface area contributed by atoms with Crippen LogP contribution in [0.3, 0.4) is 0 Å². The number of para-hydroxylation sites is 2. The molecule has 0 spiro atoms. The lowest BCUT2D eigenvalue weighted by atomic mass is 10.0. The molecule has 0 fully saturated rings. The molecule has 1 aromatic heterocycles. The Kier molecular flexibility index (Phi) is 9.10. The molecule has 2 aromatic rings. The highest BCUT2D eigenvalue weighted by molar-refractivity contribution is 5.88. The highest BCUT2D eigenvalue weighted by atomic mass is 16.1. The normalized spacial score (nSPS) is 11.6.